The number of methoxy groups -OCH3 is 1. The molecule has 4 aliphatic rings. The lowest BCUT2D eigenvalue weighted by Gasteiger charge is -2.55. The molecule has 1 amide bonds. The van der Waals surface area contributed by atoms with Crippen LogP contribution in [0.15, 0.2) is 12.5 Å². The average Bonchev–Trinajstić information content (AvgIpc) is 3.15. The van der Waals surface area contributed by atoms with Crippen molar-refractivity contribution in [2.75, 3.05) is 50.2 Å². The minimum absolute atomic E-state index is 0.0532. The number of anilines is 1. The number of thioether (sulfide) groups is 1. The van der Waals surface area contributed by atoms with E-state index >= 15 is 0 Å². The number of hydrogen-bond acceptors (Lipinski definition) is 7. The lowest BCUT2D eigenvalue weighted by molar-refractivity contribution is -0.0795. The van der Waals surface area contributed by atoms with Gasteiger partial charge in [0, 0.05) is 44.1 Å². The number of rotatable bonds is 6. The lowest BCUT2D eigenvalue weighted by Crippen LogP contribution is -2.59. The van der Waals surface area contributed by atoms with E-state index in [2.05, 4.69) is 15.3 Å². The van der Waals surface area contributed by atoms with Crippen molar-refractivity contribution in [3.8, 4) is 0 Å². The van der Waals surface area contributed by atoms with Crippen LogP contribution in [0, 0.1) is 11.3 Å². The molecule has 8 heteroatoms. The Hall–Kier alpha value is -1.38. The Morgan fingerprint density at radius 2 is 2.38 bits per heavy atom. The van der Waals surface area contributed by atoms with Gasteiger partial charge in [0.25, 0.3) is 5.91 Å². The van der Waals surface area contributed by atoms with Gasteiger partial charge in [0.05, 0.1) is 12.2 Å². The Kier molecular flexibility index (Phi) is 4.83. The summed E-state index contributed by atoms with van der Waals surface area (Å²) >= 11 is 1.88. The van der Waals surface area contributed by atoms with Gasteiger partial charge in [0.2, 0.25) is 0 Å². The van der Waals surface area contributed by atoms with E-state index in [0.717, 1.165) is 37.3 Å². The Balaban J connectivity index is 1.48. The highest BCUT2D eigenvalue weighted by atomic mass is 32.2. The summed E-state index contributed by atoms with van der Waals surface area (Å²) in [6.45, 7) is 2.15. The van der Waals surface area contributed by atoms with Gasteiger partial charge in [-0.1, -0.05) is 0 Å². The quantitative estimate of drug-likeness (QED) is 0.770. The molecule has 1 aromatic rings. The SMILES string of the molecule is COC1(CNc2ncncc2C(=O)N2CC3CC(CO)(C3)C2)CCSC1. The predicted octanol–water partition coefficient (Wildman–Crippen LogP) is 1.26. The fraction of sp³-hybridized carbons (Fsp3) is 0.722. The lowest BCUT2D eigenvalue weighted by atomic mass is 9.59. The van der Waals surface area contributed by atoms with Crippen LogP contribution < -0.4 is 5.32 Å². The molecule has 2 bridgehead atoms. The number of aliphatic hydroxyl groups excluding tert-OH is 1. The van der Waals surface area contributed by atoms with Crippen molar-refractivity contribution in [1.29, 1.82) is 0 Å². The van der Waals surface area contributed by atoms with Crippen LogP contribution in [0.2, 0.25) is 0 Å². The molecule has 1 atom stereocenters. The van der Waals surface area contributed by atoms with Gasteiger partial charge in [-0.25, -0.2) is 9.97 Å². The number of nitrogens with one attached hydrogen (secondary N) is 1. The third-order valence-corrected chi connectivity index (χ3v) is 7.31. The van der Waals surface area contributed by atoms with E-state index < -0.39 is 0 Å². The zero-order valence-corrected chi connectivity index (χ0v) is 15.9. The predicted molar refractivity (Wildman–Crippen MR) is 100 cm³/mol. The molecule has 142 valence electrons. The van der Waals surface area contributed by atoms with Crippen LogP contribution in [0.25, 0.3) is 0 Å². The highest BCUT2D eigenvalue weighted by molar-refractivity contribution is 7.99. The zero-order chi connectivity index (χ0) is 18.2. The molecule has 5 rings (SSSR count). The molecule has 1 unspecified atom stereocenters. The normalized spacial score (nSPS) is 33.0. The molecule has 26 heavy (non-hydrogen) atoms. The molecule has 7 nitrogen and oxygen atoms in total. The first kappa shape index (κ1) is 18.0. The topological polar surface area (TPSA) is 87.6 Å². The van der Waals surface area contributed by atoms with E-state index in [9.17, 15) is 9.90 Å². The number of carbonyl (C=O) groups excluding carboxylic acids is 1. The second-order valence-electron chi connectivity index (χ2n) is 7.95. The maximum absolute atomic E-state index is 13.1. The average molecular weight is 378 g/mol. The summed E-state index contributed by atoms with van der Waals surface area (Å²) < 4.78 is 5.73. The van der Waals surface area contributed by atoms with E-state index in [1.165, 1.54) is 6.33 Å². The molecule has 2 N–H and O–H groups in total. The minimum atomic E-state index is -0.205. The number of hydrogen-bond donors (Lipinski definition) is 2. The molecular weight excluding hydrogens is 352 g/mol. The van der Waals surface area contributed by atoms with Gasteiger partial charge in [-0.2, -0.15) is 11.8 Å². The highest BCUT2D eigenvalue weighted by Crippen LogP contribution is 2.50. The van der Waals surface area contributed by atoms with Crippen molar-refractivity contribution in [2.45, 2.75) is 24.9 Å². The summed E-state index contributed by atoms with van der Waals surface area (Å²) in [6.07, 6.45) is 6.09. The molecular formula is C18H26N4O3S. The van der Waals surface area contributed by atoms with Crippen molar-refractivity contribution in [2.24, 2.45) is 11.3 Å². The van der Waals surface area contributed by atoms with Gasteiger partial charge in [-0.05, 0) is 30.9 Å². The van der Waals surface area contributed by atoms with E-state index in [4.69, 9.17) is 4.74 Å². The molecule has 1 saturated carbocycles. The van der Waals surface area contributed by atoms with Crippen LogP contribution in [0.3, 0.4) is 0 Å². The third-order valence-electron chi connectivity index (χ3n) is 6.09. The number of ether oxygens (including phenoxy) is 1. The summed E-state index contributed by atoms with van der Waals surface area (Å²) in [6, 6.07) is 0. The number of piperidine rings is 2. The fourth-order valence-corrected chi connectivity index (χ4v) is 5.94. The number of nitrogens with zero attached hydrogens (tertiary/aromatic N) is 3. The van der Waals surface area contributed by atoms with E-state index in [-0.39, 0.29) is 23.5 Å². The Labute approximate surface area is 157 Å². The number of aliphatic hydroxyl groups is 1. The maximum atomic E-state index is 13.1. The molecule has 1 aliphatic carbocycles. The van der Waals surface area contributed by atoms with Gasteiger partial charge >= 0.3 is 0 Å². The first-order valence-electron chi connectivity index (χ1n) is 9.16. The smallest absolute Gasteiger partial charge is 0.259 e. The summed E-state index contributed by atoms with van der Waals surface area (Å²) in [5.41, 5.74) is 0.200. The van der Waals surface area contributed by atoms with Crippen molar-refractivity contribution in [3.05, 3.63) is 18.1 Å². The van der Waals surface area contributed by atoms with Crippen molar-refractivity contribution < 1.29 is 14.6 Å². The second-order valence-corrected chi connectivity index (χ2v) is 9.05. The van der Waals surface area contributed by atoms with Crippen LogP contribution in [-0.2, 0) is 4.74 Å². The number of carbonyl (C=O) groups is 1. The molecule has 0 radical (unpaired) electrons. The van der Waals surface area contributed by atoms with Gasteiger partial charge in [-0.15, -0.1) is 0 Å². The number of aromatic nitrogens is 2. The number of amides is 1. The molecule has 3 aliphatic heterocycles. The largest absolute Gasteiger partial charge is 0.396 e. The first-order chi connectivity index (χ1) is 12.6. The summed E-state index contributed by atoms with van der Waals surface area (Å²) in [4.78, 5) is 23.3. The van der Waals surface area contributed by atoms with Gasteiger partial charge < -0.3 is 20.1 Å². The van der Waals surface area contributed by atoms with E-state index in [1.54, 1.807) is 13.3 Å². The number of fused-ring (bicyclic) bond motifs is 2. The van der Waals surface area contributed by atoms with Crippen LogP contribution in [-0.4, -0.2) is 76.3 Å². The summed E-state index contributed by atoms with van der Waals surface area (Å²) in [5, 5.41) is 13.0. The second kappa shape index (κ2) is 6.98. The van der Waals surface area contributed by atoms with Gasteiger partial charge in [0.15, 0.2) is 0 Å². The van der Waals surface area contributed by atoms with Crippen molar-refractivity contribution in [1.82, 2.24) is 14.9 Å². The first-order valence-corrected chi connectivity index (χ1v) is 10.3. The van der Waals surface area contributed by atoms with Crippen LogP contribution >= 0.6 is 11.8 Å². The highest BCUT2D eigenvalue weighted by Gasteiger charge is 2.50. The molecule has 1 aromatic heterocycles. The van der Waals surface area contributed by atoms with E-state index in [1.807, 2.05) is 16.7 Å². The van der Waals surface area contributed by atoms with Gasteiger partial charge in [0.1, 0.15) is 17.7 Å². The van der Waals surface area contributed by atoms with E-state index in [0.29, 0.717) is 30.4 Å². The Morgan fingerprint density at radius 1 is 1.54 bits per heavy atom. The third kappa shape index (κ3) is 3.18. The van der Waals surface area contributed by atoms with Crippen LogP contribution in [0.4, 0.5) is 5.82 Å². The molecule has 4 fully saturated rings. The summed E-state index contributed by atoms with van der Waals surface area (Å²) in [7, 11) is 1.74. The van der Waals surface area contributed by atoms with Gasteiger partial charge in [-0.3, -0.25) is 4.79 Å². The standard InChI is InChI=1S/C18H26N4O3S/c1-25-18(2-3-26-11-18)8-20-15-14(6-19-12-21-15)16(24)22-7-13-4-17(5-13,9-22)10-23/h6,12-13,23H,2-5,7-11H2,1H3,(H,19,20,21). The molecule has 0 aromatic carbocycles. The molecule has 4 heterocycles. The monoisotopic (exact) mass is 378 g/mol. The minimum Gasteiger partial charge on any atom is -0.396 e. The molecule has 3 saturated heterocycles. The Morgan fingerprint density at radius 3 is 3.08 bits per heavy atom. The zero-order valence-electron chi connectivity index (χ0n) is 15.1. The van der Waals surface area contributed by atoms with Crippen LogP contribution in [0.1, 0.15) is 29.6 Å². The fourth-order valence-electron chi connectivity index (χ4n) is 4.54. The Bertz CT molecular complexity index is 674. The molecule has 0 spiro atoms. The summed E-state index contributed by atoms with van der Waals surface area (Å²) in [5.74, 6) is 3.05. The van der Waals surface area contributed by atoms with Crippen LogP contribution in [0.5, 0.6) is 0 Å². The van der Waals surface area contributed by atoms with Crippen molar-refractivity contribution in [3.63, 3.8) is 0 Å². The maximum Gasteiger partial charge on any atom is 0.259 e. The van der Waals surface area contributed by atoms with Crippen molar-refractivity contribution >= 4 is 23.5 Å².